The van der Waals surface area contributed by atoms with Crippen LogP contribution in [-0.4, -0.2) is 9.07 Å². The van der Waals surface area contributed by atoms with Gasteiger partial charge in [0.05, 0.1) is 11.3 Å². The van der Waals surface area contributed by atoms with Crippen molar-refractivity contribution >= 4 is 16.1 Å². The van der Waals surface area contributed by atoms with Gasteiger partial charge in [-0.05, 0) is 19.3 Å². The van der Waals surface area contributed by atoms with Crippen LogP contribution in [0.15, 0.2) is 0 Å². The zero-order valence-corrected chi connectivity index (χ0v) is 7.83. The lowest BCUT2D eigenvalue weighted by atomic mass is 10.0. The van der Waals surface area contributed by atoms with E-state index in [4.69, 9.17) is 0 Å². The van der Waals surface area contributed by atoms with Crippen LogP contribution in [0.25, 0.3) is 0 Å². The van der Waals surface area contributed by atoms with Gasteiger partial charge in [-0.2, -0.15) is 0 Å². The molecule has 0 aromatic carbocycles. The SMILES string of the molecule is CCCCC(C)C(C)=S=O. The van der Waals surface area contributed by atoms with Gasteiger partial charge in [0, 0.05) is 4.86 Å². The third kappa shape index (κ3) is 3.83. The normalized spacial score (nSPS) is 12.7. The zero-order valence-electron chi connectivity index (χ0n) is 7.02. The third-order valence-corrected chi connectivity index (χ3v) is 2.48. The van der Waals surface area contributed by atoms with Crippen molar-refractivity contribution in [2.75, 3.05) is 0 Å². The summed E-state index contributed by atoms with van der Waals surface area (Å²) in [4.78, 5) is 1.02. The van der Waals surface area contributed by atoms with Crippen LogP contribution in [0.3, 0.4) is 0 Å². The molecular formula is C8H16OS. The molecule has 0 heterocycles. The summed E-state index contributed by atoms with van der Waals surface area (Å²) in [6.07, 6.45) is 3.62. The summed E-state index contributed by atoms with van der Waals surface area (Å²) < 4.78 is 10.3. The van der Waals surface area contributed by atoms with E-state index in [0.29, 0.717) is 17.2 Å². The molecule has 0 aromatic heterocycles. The van der Waals surface area contributed by atoms with E-state index in [1.165, 1.54) is 12.8 Å². The van der Waals surface area contributed by atoms with Crippen molar-refractivity contribution in [3.8, 4) is 0 Å². The first kappa shape index (κ1) is 9.89. The monoisotopic (exact) mass is 160 g/mol. The largest absolute Gasteiger partial charge is 0.212 e. The Morgan fingerprint density at radius 3 is 2.60 bits per heavy atom. The molecule has 0 spiro atoms. The second-order valence-electron chi connectivity index (χ2n) is 2.74. The van der Waals surface area contributed by atoms with Crippen molar-refractivity contribution in [3.05, 3.63) is 0 Å². The molecular weight excluding hydrogens is 144 g/mol. The van der Waals surface area contributed by atoms with E-state index in [1.807, 2.05) is 6.92 Å². The van der Waals surface area contributed by atoms with Crippen LogP contribution in [-0.2, 0) is 11.3 Å². The average molecular weight is 160 g/mol. The highest BCUT2D eigenvalue weighted by molar-refractivity contribution is 7.66. The van der Waals surface area contributed by atoms with E-state index >= 15 is 0 Å². The molecule has 0 saturated heterocycles. The lowest BCUT2D eigenvalue weighted by molar-refractivity contribution is 0.627. The minimum Gasteiger partial charge on any atom is -0.212 e. The standard InChI is InChI=1S/C8H16OS/c1-4-5-6-7(2)8(3)10-9/h7H,4-6H2,1-3H3. The second kappa shape index (κ2) is 5.66. The molecule has 0 aliphatic heterocycles. The summed E-state index contributed by atoms with van der Waals surface area (Å²) in [5.74, 6) is 0.502. The Hall–Kier alpha value is -0.110. The first-order valence-corrected chi connectivity index (χ1v) is 4.59. The predicted molar refractivity (Wildman–Crippen MR) is 47.5 cm³/mol. The fourth-order valence-electron chi connectivity index (χ4n) is 0.796. The Morgan fingerprint density at radius 1 is 1.60 bits per heavy atom. The molecule has 0 amide bonds. The van der Waals surface area contributed by atoms with Crippen LogP contribution in [0.1, 0.15) is 40.0 Å². The average Bonchev–Trinajstić information content (AvgIpc) is 1.98. The highest BCUT2D eigenvalue weighted by atomic mass is 32.1. The Bertz CT molecular complexity index is 136. The molecule has 0 aliphatic rings. The van der Waals surface area contributed by atoms with Crippen LogP contribution in [0.2, 0.25) is 0 Å². The summed E-state index contributed by atoms with van der Waals surface area (Å²) in [5, 5.41) is 0. The molecule has 1 unspecified atom stereocenters. The molecule has 0 saturated carbocycles. The van der Waals surface area contributed by atoms with E-state index < -0.39 is 0 Å². The molecule has 0 N–H and O–H groups in total. The van der Waals surface area contributed by atoms with Gasteiger partial charge >= 0.3 is 0 Å². The summed E-state index contributed by atoms with van der Waals surface area (Å²) in [5.41, 5.74) is 0. The van der Waals surface area contributed by atoms with E-state index in [0.717, 1.165) is 11.3 Å². The van der Waals surface area contributed by atoms with Crippen LogP contribution >= 0.6 is 0 Å². The maximum absolute atomic E-state index is 10.3. The first-order valence-electron chi connectivity index (χ1n) is 3.85. The number of hydrogen-bond acceptors (Lipinski definition) is 1. The predicted octanol–water partition coefficient (Wildman–Crippen LogP) is 2.22. The van der Waals surface area contributed by atoms with E-state index in [9.17, 15) is 4.21 Å². The molecule has 0 rings (SSSR count). The fourth-order valence-corrected chi connectivity index (χ4v) is 1.08. The minimum absolute atomic E-state index is 0.502. The molecule has 0 fully saturated rings. The Morgan fingerprint density at radius 2 is 2.20 bits per heavy atom. The molecule has 10 heavy (non-hydrogen) atoms. The van der Waals surface area contributed by atoms with Crippen molar-refractivity contribution in [1.82, 2.24) is 0 Å². The molecule has 1 atom stereocenters. The Kier molecular flexibility index (Phi) is 5.60. The van der Waals surface area contributed by atoms with Crippen LogP contribution < -0.4 is 0 Å². The van der Waals surface area contributed by atoms with E-state index in [-0.39, 0.29) is 0 Å². The van der Waals surface area contributed by atoms with E-state index in [2.05, 4.69) is 13.8 Å². The molecule has 2 heteroatoms. The van der Waals surface area contributed by atoms with E-state index in [1.54, 1.807) is 0 Å². The Labute approximate surface area is 66.9 Å². The maximum atomic E-state index is 10.3. The maximum Gasteiger partial charge on any atom is 0.0875 e. The van der Waals surface area contributed by atoms with Gasteiger partial charge in [-0.3, -0.25) is 0 Å². The minimum atomic E-state index is 0.502. The van der Waals surface area contributed by atoms with Crippen LogP contribution in [0.4, 0.5) is 0 Å². The van der Waals surface area contributed by atoms with Gasteiger partial charge in [-0.1, -0.05) is 26.7 Å². The number of rotatable bonds is 4. The van der Waals surface area contributed by atoms with Gasteiger partial charge in [0.1, 0.15) is 0 Å². The molecule has 1 nitrogen and oxygen atoms in total. The summed E-state index contributed by atoms with van der Waals surface area (Å²) in [6.45, 7) is 6.22. The second-order valence-corrected chi connectivity index (χ2v) is 3.55. The van der Waals surface area contributed by atoms with Crippen molar-refractivity contribution in [1.29, 1.82) is 0 Å². The molecule has 0 aliphatic carbocycles. The third-order valence-electron chi connectivity index (χ3n) is 1.82. The Balaban J connectivity index is 3.62. The quantitative estimate of drug-likeness (QED) is 0.576. The van der Waals surface area contributed by atoms with Crippen molar-refractivity contribution in [3.63, 3.8) is 0 Å². The van der Waals surface area contributed by atoms with Crippen LogP contribution in [0, 0.1) is 5.92 Å². The lowest BCUT2D eigenvalue weighted by Gasteiger charge is -2.06. The van der Waals surface area contributed by atoms with Crippen molar-refractivity contribution in [2.24, 2.45) is 5.92 Å². The highest BCUT2D eigenvalue weighted by Crippen LogP contribution is 2.07. The zero-order chi connectivity index (χ0) is 7.98. The summed E-state index contributed by atoms with van der Waals surface area (Å²) >= 11 is 0.650. The highest BCUT2D eigenvalue weighted by Gasteiger charge is 2.02. The fraction of sp³-hybridized carbons (Fsp3) is 0.875. The molecule has 60 valence electrons. The van der Waals surface area contributed by atoms with Crippen molar-refractivity contribution in [2.45, 2.75) is 40.0 Å². The number of hydrogen-bond donors (Lipinski definition) is 0. The van der Waals surface area contributed by atoms with Gasteiger partial charge in [0.15, 0.2) is 0 Å². The number of unbranched alkanes of at least 4 members (excludes halogenated alkanes) is 1. The van der Waals surface area contributed by atoms with Crippen molar-refractivity contribution < 1.29 is 4.21 Å². The molecule has 0 radical (unpaired) electrons. The topological polar surface area (TPSA) is 17.1 Å². The molecule has 0 aromatic rings. The van der Waals surface area contributed by atoms with Gasteiger partial charge < -0.3 is 0 Å². The van der Waals surface area contributed by atoms with Gasteiger partial charge in [0.25, 0.3) is 0 Å². The van der Waals surface area contributed by atoms with Crippen LogP contribution in [0.5, 0.6) is 0 Å². The van der Waals surface area contributed by atoms with Gasteiger partial charge in [-0.15, -0.1) is 0 Å². The van der Waals surface area contributed by atoms with Gasteiger partial charge in [-0.25, -0.2) is 4.21 Å². The smallest absolute Gasteiger partial charge is 0.0875 e. The van der Waals surface area contributed by atoms with Gasteiger partial charge in [0.2, 0.25) is 0 Å². The summed E-state index contributed by atoms with van der Waals surface area (Å²) in [6, 6.07) is 0. The first-order chi connectivity index (χ1) is 4.72. The summed E-state index contributed by atoms with van der Waals surface area (Å²) in [7, 11) is 0. The lowest BCUT2D eigenvalue weighted by Crippen LogP contribution is -2.05. The molecule has 0 bridgehead atoms.